The predicted molar refractivity (Wildman–Crippen MR) is 61.7 cm³/mol. The fourth-order valence-corrected chi connectivity index (χ4v) is 1.39. The first-order chi connectivity index (χ1) is 7.70. The van der Waals surface area contributed by atoms with Crippen LogP contribution in [0, 0.1) is 19.3 Å². The van der Waals surface area contributed by atoms with Crippen LogP contribution in [0.4, 0.5) is 0 Å². The third kappa shape index (κ3) is 2.96. The molecule has 86 valence electrons. The van der Waals surface area contributed by atoms with Crippen LogP contribution in [0.5, 0.6) is 5.75 Å². The van der Waals surface area contributed by atoms with E-state index in [1.165, 1.54) is 0 Å². The van der Waals surface area contributed by atoms with E-state index in [0.29, 0.717) is 36.3 Å². The summed E-state index contributed by atoms with van der Waals surface area (Å²) >= 11 is 0. The fourth-order valence-electron chi connectivity index (χ4n) is 1.39. The second-order valence-electron chi connectivity index (χ2n) is 3.49. The number of aliphatic hydroxyl groups excluding tert-OH is 1. The number of nitrogens with one attached hydrogen (secondary N) is 1. The second-order valence-corrected chi connectivity index (χ2v) is 3.49. The standard InChI is InChI=1S/C12H16N2O2/c1-3-4-5-13-7-11-10(8-15)6-14-9(2)12(11)16/h1,6,13,15-16H,4-5,7-8H2,2H3. The Labute approximate surface area is 95.3 Å². The number of nitrogens with zero attached hydrogens (tertiary/aromatic N) is 1. The Balaban J connectivity index is 2.77. The predicted octanol–water partition coefficient (Wildman–Crippen LogP) is 0.701. The lowest BCUT2D eigenvalue weighted by atomic mass is 10.1. The molecule has 4 nitrogen and oxygen atoms in total. The number of aromatic hydroxyl groups is 1. The monoisotopic (exact) mass is 220 g/mol. The number of terminal acetylenes is 1. The Morgan fingerprint density at radius 1 is 1.56 bits per heavy atom. The molecule has 16 heavy (non-hydrogen) atoms. The fraction of sp³-hybridized carbons (Fsp3) is 0.417. The van der Waals surface area contributed by atoms with E-state index in [0.717, 1.165) is 0 Å². The molecule has 0 spiro atoms. The molecule has 0 aliphatic rings. The van der Waals surface area contributed by atoms with Crippen LogP contribution >= 0.6 is 0 Å². The average Bonchev–Trinajstić information content (AvgIpc) is 2.30. The maximum atomic E-state index is 9.81. The van der Waals surface area contributed by atoms with E-state index >= 15 is 0 Å². The van der Waals surface area contributed by atoms with Crippen molar-refractivity contribution in [3.05, 3.63) is 23.0 Å². The molecule has 0 aromatic carbocycles. The summed E-state index contributed by atoms with van der Waals surface area (Å²) in [6, 6.07) is 0. The van der Waals surface area contributed by atoms with Crippen LogP contribution in [0.3, 0.4) is 0 Å². The summed E-state index contributed by atoms with van der Waals surface area (Å²) < 4.78 is 0. The van der Waals surface area contributed by atoms with Crippen molar-refractivity contribution < 1.29 is 10.2 Å². The second kappa shape index (κ2) is 6.11. The summed E-state index contributed by atoms with van der Waals surface area (Å²) in [5.74, 6) is 2.66. The number of hydrogen-bond donors (Lipinski definition) is 3. The van der Waals surface area contributed by atoms with Gasteiger partial charge in [-0.2, -0.15) is 0 Å². The molecule has 0 bridgehead atoms. The molecule has 0 saturated heterocycles. The summed E-state index contributed by atoms with van der Waals surface area (Å²) in [5.41, 5.74) is 1.88. The van der Waals surface area contributed by atoms with Crippen LogP contribution in [0.1, 0.15) is 23.2 Å². The van der Waals surface area contributed by atoms with Crippen LogP contribution < -0.4 is 5.32 Å². The SMILES string of the molecule is C#CCCNCc1c(CO)cnc(C)c1O. The number of pyridine rings is 1. The van der Waals surface area contributed by atoms with Crippen molar-refractivity contribution in [1.82, 2.24) is 10.3 Å². The summed E-state index contributed by atoms with van der Waals surface area (Å²) in [7, 11) is 0. The largest absolute Gasteiger partial charge is 0.506 e. The van der Waals surface area contributed by atoms with E-state index in [1.54, 1.807) is 13.1 Å². The number of rotatable bonds is 5. The van der Waals surface area contributed by atoms with E-state index in [9.17, 15) is 5.11 Å². The normalized spacial score (nSPS) is 10.1. The van der Waals surface area contributed by atoms with Crippen LogP contribution in [-0.4, -0.2) is 21.7 Å². The van der Waals surface area contributed by atoms with Gasteiger partial charge in [-0.15, -0.1) is 12.3 Å². The molecule has 0 saturated carbocycles. The van der Waals surface area contributed by atoms with Gasteiger partial charge in [-0.05, 0) is 6.92 Å². The quantitative estimate of drug-likeness (QED) is 0.505. The molecule has 0 aliphatic heterocycles. The van der Waals surface area contributed by atoms with E-state index in [1.807, 2.05) is 0 Å². The van der Waals surface area contributed by atoms with Crippen molar-refractivity contribution in [2.45, 2.75) is 26.5 Å². The van der Waals surface area contributed by atoms with Crippen molar-refractivity contribution in [1.29, 1.82) is 0 Å². The molecule has 4 heteroatoms. The highest BCUT2D eigenvalue weighted by Crippen LogP contribution is 2.23. The number of hydrogen-bond acceptors (Lipinski definition) is 4. The van der Waals surface area contributed by atoms with Crippen LogP contribution in [0.25, 0.3) is 0 Å². The number of aliphatic hydroxyl groups is 1. The van der Waals surface area contributed by atoms with Gasteiger partial charge in [0, 0.05) is 36.8 Å². The molecule has 1 aromatic rings. The van der Waals surface area contributed by atoms with Gasteiger partial charge in [-0.1, -0.05) is 0 Å². The third-order valence-corrected chi connectivity index (χ3v) is 2.35. The van der Waals surface area contributed by atoms with Crippen molar-refractivity contribution in [3.63, 3.8) is 0 Å². The lowest BCUT2D eigenvalue weighted by Gasteiger charge is -2.11. The molecule has 0 aliphatic carbocycles. The molecule has 1 rings (SSSR count). The average molecular weight is 220 g/mol. The highest BCUT2D eigenvalue weighted by atomic mass is 16.3. The number of aryl methyl sites for hydroxylation is 1. The Morgan fingerprint density at radius 3 is 2.94 bits per heavy atom. The Morgan fingerprint density at radius 2 is 2.31 bits per heavy atom. The summed E-state index contributed by atoms with van der Waals surface area (Å²) in [6.45, 7) is 2.75. The summed E-state index contributed by atoms with van der Waals surface area (Å²) in [5, 5.41) is 22.0. The van der Waals surface area contributed by atoms with Crippen molar-refractivity contribution in [3.8, 4) is 18.1 Å². The smallest absolute Gasteiger partial charge is 0.141 e. The van der Waals surface area contributed by atoms with Gasteiger partial charge in [0.15, 0.2) is 0 Å². The molecular formula is C12H16N2O2. The Bertz CT molecular complexity index is 397. The van der Waals surface area contributed by atoms with E-state index in [4.69, 9.17) is 11.5 Å². The zero-order valence-corrected chi connectivity index (χ0v) is 9.32. The van der Waals surface area contributed by atoms with Gasteiger partial charge in [-0.3, -0.25) is 4.98 Å². The van der Waals surface area contributed by atoms with E-state index in [2.05, 4.69) is 16.2 Å². The van der Waals surface area contributed by atoms with Crippen molar-refractivity contribution in [2.24, 2.45) is 0 Å². The van der Waals surface area contributed by atoms with Gasteiger partial charge >= 0.3 is 0 Å². The lowest BCUT2D eigenvalue weighted by molar-refractivity contribution is 0.278. The molecule has 0 unspecified atom stereocenters. The zero-order chi connectivity index (χ0) is 12.0. The molecule has 1 heterocycles. The maximum absolute atomic E-state index is 9.81. The molecule has 1 aromatic heterocycles. The van der Waals surface area contributed by atoms with Crippen LogP contribution in [0.2, 0.25) is 0 Å². The summed E-state index contributed by atoms with van der Waals surface area (Å²) in [4.78, 5) is 3.98. The molecule has 0 fully saturated rings. The molecular weight excluding hydrogens is 204 g/mol. The van der Waals surface area contributed by atoms with Crippen LogP contribution in [0.15, 0.2) is 6.20 Å². The first-order valence-electron chi connectivity index (χ1n) is 5.12. The lowest BCUT2D eigenvalue weighted by Crippen LogP contribution is -2.16. The molecule has 0 atom stereocenters. The molecule has 0 radical (unpaired) electrons. The molecule has 0 amide bonds. The van der Waals surface area contributed by atoms with Gasteiger partial charge in [0.05, 0.1) is 12.3 Å². The maximum Gasteiger partial charge on any atom is 0.141 e. The van der Waals surface area contributed by atoms with Gasteiger partial charge in [0.1, 0.15) is 5.75 Å². The highest BCUT2D eigenvalue weighted by molar-refractivity contribution is 5.40. The van der Waals surface area contributed by atoms with Gasteiger partial charge in [-0.25, -0.2) is 0 Å². The van der Waals surface area contributed by atoms with Gasteiger partial charge in [0.2, 0.25) is 0 Å². The summed E-state index contributed by atoms with van der Waals surface area (Å²) in [6.07, 6.45) is 7.34. The van der Waals surface area contributed by atoms with Crippen molar-refractivity contribution >= 4 is 0 Å². The minimum absolute atomic E-state index is 0.132. The zero-order valence-electron chi connectivity index (χ0n) is 9.32. The minimum Gasteiger partial charge on any atom is -0.506 e. The first kappa shape index (κ1) is 12.5. The minimum atomic E-state index is -0.132. The number of aromatic nitrogens is 1. The highest BCUT2D eigenvalue weighted by Gasteiger charge is 2.10. The molecule has 3 N–H and O–H groups in total. The van der Waals surface area contributed by atoms with Gasteiger partial charge in [0.25, 0.3) is 0 Å². The third-order valence-electron chi connectivity index (χ3n) is 2.35. The van der Waals surface area contributed by atoms with Crippen LogP contribution in [-0.2, 0) is 13.2 Å². The van der Waals surface area contributed by atoms with Crippen molar-refractivity contribution in [2.75, 3.05) is 6.54 Å². The Kier molecular flexibility index (Phi) is 4.77. The van der Waals surface area contributed by atoms with E-state index < -0.39 is 0 Å². The first-order valence-corrected chi connectivity index (χ1v) is 5.12. The topological polar surface area (TPSA) is 65.4 Å². The Hall–Kier alpha value is -1.57. The van der Waals surface area contributed by atoms with E-state index in [-0.39, 0.29) is 12.4 Å². The van der Waals surface area contributed by atoms with Gasteiger partial charge < -0.3 is 15.5 Å².